The van der Waals surface area contributed by atoms with E-state index in [9.17, 15) is 0 Å². The van der Waals surface area contributed by atoms with Gasteiger partial charge < -0.3 is 10.5 Å². The maximum absolute atomic E-state index is 5.91. The van der Waals surface area contributed by atoms with Crippen molar-refractivity contribution in [2.24, 2.45) is 5.73 Å². The number of ether oxygens (including phenoxy) is 1. The molecule has 0 aromatic heterocycles. The second-order valence-electron chi connectivity index (χ2n) is 4.54. The molecule has 0 saturated carbocycles. The molecule has 100 valence electrons. The molecule has 0 saturated heterocycles. The average molecular weight is 276 g/mol. The van der Waals surface area contributed by atoms with Crippen molar-refractivity contribution in [3.05, 3.63) is 64.7 Å². The number of nitrogens with two attached hydrogens (primary N) is 1. The van der Waals surface area contributed by atoms with Crippen molar-refractivity contribution in [3.8, 4) is 5.75 Å². The Kier molecular flexibility index (Phi) is 4.83. The van der Waals surface area contributed by atoms with Crippen LogP contribution in [0.1, 0.15) is 17.0 Å². The van der Waals surface area contributed by atoms with Crippen molar-refractivity contribution < 1.29 is 4.74 Å². The van der Waals surface area contributed by atoms with Gasteiger partial charge in [0.05, 0.1) is 7.11 Å². The summed E-state index contributed by atoms with van der Waals surface area (Å²) in [6, 6.07) is 16.0. The predicted octanol–water partition coefficient (Wildman–Crippen LogP) is 3.63. The van der Waals surface area contributed by atoms with Gasteiger partial charge in [0.25, 0.3) is 0 Å². The zero-order valence-electron chi connectivity index (χ0n) is 11.0. The highest BCUT2D eigenvalue weighted by Crippen LogP contribution is 2.23. The first-order valence-electron chi connectivity index (χ1n) is 6.31. The van der Waals surface area contributed by atoms with Crippen LogP contribution in [0.4, 0.5) is 0 Å². The molecule has 2 rings (SSSR count). The summed E-state index contributed by atoms with van der Waals surface area (Å²) in [5.41, 5.74) is 8.34. The molecular formula is C16H18ClNO. The summed E-state index contributed by atoms with van der Waals surface area (Å²) in [5.74, 6) is 1.17. The molecule has 0 aliphatic heterocycles. The second-order valence-corrected chi connectivity index (χ2v) is 4.98. The van der Waals surface area contributed by atoms with Crippen LogP contribution in [-0.2, 0) is 6.42 Å². The molecule has 19 heavy (non-hydrogen) atoms. The summed E-state index contributed by atoms with van der Waals surface area (Å²) in [6.07, 6.45) is 0.898. The number of halogens is 1. The molecule has 2 aromatic carbocycles. The Morgan fingerprint density at radius 3 is 2.53 bits per heavy atom. The Hall–Kier alpha value is -1.51. The number of hydrogen-bond acceptors (Lipinski definition) is 2. The first-order valence-corrected chi connectivity index (χ1v) is 6.69. The molecule has 0 aliphatic rings. The Bertz CT molecular complexity index is 525. The van der Waals surface area contributed by atoms with Crippen LogP contribution in [0.25, 0.3) is 0 Å². The van der Waals surface area contributed by atoms with E-state index < -0.39 is 0 Å². The topological polar surface area (TPSA) is 35.2 Å². The highest BCUT2D eigenvalue weighted by molar-refractivity contribution is 6.30. The molecule has 1 unspecified atom stereocenters. The summed E-state index contributed by atoms with van der Waals surface area (Å²) in [4.78, 5) is 0. The van der Waals surface area contributed by atoms with Crippen LogP contribution in [0.3, 0.4) is 0 Å². The van der Waals surface area contributed by atoms with E-state index in [1.165, 1.54) is 11.1 Å². The van der Waals surface area contributed by atoms with Crippen LogP contribution in [0.15, 0.2) is 48.5 Å². The lowest BCUT2D eigenvalue weighted by molar-refractivity contribution is 0.414. The van der Waals surface area contributed by atoms with E-state index in [2.05, 4.69) is 12.1 Å². The molecule has 1 atom stereocenters. The van der Waals surface area contributed by atoms with Crippen molar-refractivity contribution in [2.45, 2.75) is 12.3 Å². The largest absolute Gasteiger partial charge is 0.497 e. The molecule has 0 spiro atoms. The van der Waals surface area contributed by atoms with E-state index in [-0.39, 0.29) is 0 Å². The van der Waals surface area contributed by atoms with Crippen molar-refractivity contribution in [1.29, 1.82) is 0 Å². The van der Waals surface area contributed by atoms with Crippen LogP contribution >= 0.6 is 11.6 Å². The van der Waals surface area contributed by atoms with E-state index >= 15 is 0 Å². The predicted molar refractivity (Wildman–Crippen MR) is 79.9 cm³/mol. The molecule has 0 bridgehead atoms. The standard InChI is InChI=1S/C16H18ClNO/c1-19-16-4-2-3-12(10-16)9-14(11-18)13-5-7-15(17)8-6-13/h2-8,10,14H,9,11,18H2,1H3. The first-order chi connectivity index (χ1) is 9.22. The van der Waals surface area contributed by atoms with Crippen LogP contribution < -0.4 is 10.5 Å². The number of hydrogen-bond donors (Lipinski definition) is 1. The van der Waals surface area contributed by atoms with E-state index in [1.54, 1.807) is 7.11 Å². The molecule has 2 N–H and O–H groups in total. The Morgan fingerprint density at radius 2 is 1.89 bits per heavy atom. The van der Waals surface area contributed by atoms with Gasteiger partial charge >= 0.3 is 0 Å². The summed E-state index contributed by atoms with van der Waals surface area (Å²) in [7, 11) is 1.68. The fraction of sp³-hybridized carbons (Fsp3) is 0.250. The highest BCUT2D eigenvalue weighted by atomic mass is 35.5. The highest BCUT2D eigenvalue weighted by Gasteiger charge is 2.11. The van der Waals surface area contributed by atoms with Gasteiger partial charge in [-0.15, -0.1) is 0 Å². The molecule has 0 amide bonds. The van der Waals surface area contributed by atoms with Crippen LogP contribution in [0.2, 0.25) is 5.02 Å². The zero-order valence-corrected chi connectivity index (χ0v) is 11.7. The van der Waals surface area contributed by atoms with Gasteiger partial charge in [-0.05, 0) is 48.4 Å². The van der Waals surface area contributed by atoms with Crippen molar-refractivity contribution >= 4 is 11.6 Å². The normalized spacial score (nSPS) is 12.2. The lowest BCUT2D eigenvalue weighted by Gasteiger charge is -2.16. The molecule has 0 fully saturated rings. The monoisotopic (exact) mass is 275 g/mol. The molecule has 0 aliphatic carbocycles. The van der Waals surface area contributed by atoms with E-state index in [0.717, 1.165) is 17.2 Å². The van der Waals surface area contributed by atoms with Gasteiger partial charge in [0.15, 0.2) is 0 Å². The van der Waals surface area contributed by atoms with Gasteiger partial charge in [-0.1, -0.05) is 35.9 Å². The molecule has 0 heterocycles. The van der Waals surface area contributed by atoms with Crippen molar-refractivity contribution in [1.82, 2.24) is 0 Å². The molecule has 3 heteroatoms. The maximum atomic E-state index is 5.91. The first kappa shape index (κ1) is 13.9. The average Bonchev–Trinajstić information content (AvgIpc) is 2.46. The smallest absolute Gasteiger partial charge is 0.119 e. The van der Waals surface area contributed by atoms with Gasteiger partial charge in [-0.25, -0.2) is 0 Å². The summed E-state index contributed by atoms with van der Waals surface area (Å²) in [6.45, 7) is 0.610. The third kappa shape index (κ3) is 3.72. The summed E-state index contributed by atoms with van der Waals surface area (Å²) < 4.78 is 5.24. The molecular weight excluding hydrogens is 258 g/mol. The fourth-order valence-electron chi connectivity index (χ4n) is 2.16. The quantitative estimate of drug-likeness (QED) is 0.904. The maximum Gasteiger partial charge on any atom is 0.119 e. The molecule has 2 aromatic rings. The Labute approximate surface area is 119 Å². The number of benzene rings is 2. The Morgan fingerprint density at radius 1 is 1.16 bits per heavy atom. The van der Waals surface area contributed by atoms with Crippen molar-refractivity contribution in [3.63, 3.8) is 0 Å². The van der Waals surface area contributed by atoms with Gasteiger partial charge in [0.2, 0.25) is 0 Å². The minimum atomic E-state index is 0.296. The van der Waals surface area contributed by atoms with Gasteiger partial charge in [0.1, 0.15) is 5.75 Å². The molecule has 2 nitrogen and oxygen atoms in total. The Balaban J connectivity index is 2.16. The van der Waals surface area contributed by atoms with Gasteiger partial charge in [-0.3, -0.25) is 0 Å². The van der Waals surface area contributed by atoms with Crippen LogP contribution in [-0.4, -0.2) is 13.7 Å². The van der Waals surface area contributed by atoms with Gasteiger partial charge in [0, 0.05) is 10.9 Å². The number of methoxy groups -OCH3 is 1. The summed E-state index contributed by atoms with van der Waals surface area (Å²) >= 11 is 5.91. The number of rotatable bonds is 5. The lowest BCUT2D eigenvalue weighted by Crippen LogP contribution is -2.15. The minimum absolute atomic E-state index is 0.296. The van der Waals surface area contributed by atoms with E-state index in [1.807, 2.05) is 36.4 Å². The minimum Gasteiger partial charge on any atom is -0.497 e. The third-order valence-corrected chi connectivity index (χ3v) is 3.49. The van der Waals surface area contributed by atoms with E-state index in [0.29, 0.717) is 12.5 Å². The SMILES string of the molecule is COc1cccc(CC(CN)c2ccc(Cl)cc2)c1. The summed E-state index contributed by atoms with van der Waals surface area (Å²) in [5, 5.41) is 0.751. The van der Waals surface area contributed by atoms with Crippen LogP contribution in [0, 0.1) is 0 Å². The van der Waals surface area contributed by atoms with Crippen molar-refractivity contribution in [2.75, 3.05) is 13.7 Å². The zero-order chi connectivity index (χ0) is 13.7. The van der Waals surface area contributed by atoms with E-state index in [4.69, 9.17) is 22.1 Å². The van der Waals surface area contributed by atoms with Gasteiger partial charge in [-0.2, -0.15) is 0 Å². The third-order valence-electron chi connectivity index (χ3n) is 3.24. The lowest BCUT2D eigenvalue weighted by atomic mass is 9.92. The fourth-order valence-corrected chi connectivity index (χ4v) is 2.28. The second kappa shape index (κ2) is 6.60. The van der Waals surface area contributed by atoms with Crippen LogP contribution in [0.5, 0.6) is 5.75 Å². The molecule has 0 radical (unpaired) electrons.